The molecule has 0 aromatic heterocycles. The third-order valence-electron chi connectivity index (χ3n) is 2.51. The highest BCUT2D eigenvalue weighted by Crippen LogP contribution is 2.25. The molecule has 1 rings (SSSR count). The summed E-state index contributed by atoms with van der Waals surface area (Å²) in [6.45, 7) is 1.73. The number of thioether (sulfide) groups is 1. The van der Waals surface area contributed by atoms with Crippen LogP contribution in [0.4, 0.5) is 0 Å². The molecular weight excluding hydrogens is 294 g/mol. The SMILES string of the molecule is COc1ccccc1OCCSCC(NC(C)=O)C(=O)O. The zero-order valence-corrected chi connectivity index (χ0v) is 12.8. The Balaban J connectivity index is 2.30. The van der Waals surface area contributed by atoms with E-state index in [1.54, 1.807) is 19.2 Å². The second-order valence-corrected chi connectivity index (χ2v) is 5.32. The van der Waals surface area contributed by atoms with Gasteiger partial charge < -0.3 is 19.9 Å². The maximum absolute atomic E-state index is 10.9. The summed E-state index contributed by atoms with van der Waals surface area (Å²) in [6.07, 6.45) is 0. The molecule has 0 fully saturated rings. The fourth-order valence-electron chi connectivity index (χ4n) is 1.57. The molecule has 2 N–H and O–H groups in total. The molecule has 1 aromatic carbocycles. The highest BCUT2D eigenvalue weighted by molar-refractivity contribution is 7.99. The van der Waals surface area contributed by atoms with E-state index >= 15 is 0 Å². The average molecular weight is 313 g/mol. The Morgan fingerprint density at radius 3 is 2.57 bits per heavy atom. The third-order valence-corrected chi connectivity index (χ3v) is 3.54. The molecule has 0 spiro atoms. The number of carboxylic acids is 1. The molecule has 0 heterocycles. The van der Waals surface area contributed by atoms with Crippen molar-refractivity contribution in [1.82, 2.24) is 5.32 Å². The van der Waals surface area contributed by atoms with Gasteiger partial charge in [-0.2, -0.15) is 11.8 Å². The molecule has 0 aliphatic heterocycles. The number of benzene rings is 1. The molecule has 1 atom stereocenters. The van der Waals surface area contributed by atoms with Crippen LogP contribution in [0.3, 0.4) is 0 Å². The molecule has 0 aliphatic rings. The summed E-state index contributed by atoms with van der Waals surface area (Å²) in [4.78, 5) is 21.8. The van der Waals surface area contributed by atoms with Crippen LogP contribution in [0.1, 0.15) is 6.92 Å². The van der Waals surface area contributed by atoms with Gasteiger partial charge in [0.05, 0.1) is 13.7 Å². The van der Waals surface area contributed by atoms with Crippen molar-refractivity contribution in [3.63, 3.8) is 0 Å². The fraction of sp³-hybridized carbons (Fsp3) is 0.429. The van der Waals surface area contributed by atoms with Crippen molar-refractivity contribution >= 4 is 23.6 Å². The number of carbonyl (C=O) groups is 2. The molecule has 1 amide bonds. The number of ether oxygens (including phenoxy) is 2. The highest BCUT2D eigenvalue weighted by atomic mass is 32.2. The van der Waals surface area contributed by atoms with Gasteiger partial charge in [0, 0.05) is 18.4 Å². The van der Waals surface area contributed by atoms with E-state index in [1.807, 2.05) is 12.1 Å². The average Bonchev–Trinajstić information content (AvgIpc) is 2.45. The Morgan fingerprint density at radius 2 is 2.00 bits per heavy atom. The van der Waals surface area contributed by atoms with E-state index < -0.39 is 12.0 Å². The molecule has 0 saturated heterocycles. The lowest BCUT2D eigenvalue weighted by Gasteiger charge is -2.13. The number of rotatable bonds is 9. The van der Waals surface area contributed by atoms with Gasteiger partial charge in [0.1, 0.15) is 6.04 Å². The topological polar surface area (TPSA) is 84.9 Å². The van der Waals surface area contributed by atoms with Crippen LogP contribution >= 0.6 is 11.8 Å². The number of carboxylic acid groups (broad SMARTS) is 1. The van der Waals surface area contributed by atoms with Crippen molar-refractivity contribution in [2.24, 2.45) is 0 Å². The van der Waals surface area contributed by atoms with Crippen LogP contribution < -0.4 is 14.8 Å². The van der Waals surface area contributed by atoms with Gasteiger partial charge in [0.2, 0.25) is 5.91 Å². The number of nitrogens with one attached hydrogen (secondary N) is 1. The molecule has 21 heavy (non-hydrogen) atoms. The number of amides is 1. The van der Waals surface area contributed by atoms with Gasteiger partial charge >= 0.3 is 5.97 Å². The predicted molar refractivity (Wildman–Crippen MR) is 81.1 cm³/mol. The van der Waals surface area contributed by atoms with Gasteiger partial charge in [-0.05, 0) is 12.1 Å². The van der Waals surface area contributed by atoms with Crippen molar-refractivity contribution < 1.29 is 24.2 Å². The number of hydrogen-bond donors (Lipinski definition) is 2. The largest absolute Gasteiger partial charge is 0.493 e. The van der Waals surface area contributed by atoms with Crippen LogP contribution in [-0.2, 0) is 9.59 Å². The van der Waals surface area contributed by atoms with E-state index in [1.165, 1.54) is 18.7 Å². The van der Waals surface area contributed by atoms with Crippen molar-refractivity contribution in [2.75, 3.05) is 25.2 Å². The smallest absolute Gasteiger partial charge is 0.327 e. The summed E-state index contributed by atoms with van der Waals surface area (Å²) in [5.74, 6) is 0.823. The lowest BCUT2D eigenvalue weighted by atomic mass is 10.3. The van der Waals surface area contributed by atoms with Crippen LogP contribution in [0, 0.1) is 0 Å². The molecule has 116 valence electrons. The number of aliphatic carboxylic acids is 1. The quantitative estimate of drug-likeness (QED) is 0.670. The Labute approximate surface area is 127 Å². The first-order valence-corrected chi connectivity index (χ1v) is 7.53. The molecule has 6 nitrogen and oxygen atoms in total. The Kier molecular flexibility index (Phi) is 7.45. The molecule has 0 saturated carbocycles. The van der Waals surface area contributed by atoms with Crippen molar-refractivity contribution in [3.05, 3.63) is 24.3 Å². The van der Waals surface area contributed by atoms with E-state index in [-0.39, 0.29) is 5.91 Å². The van der Waals surface area contributed by atoms with Crippen LogP contribution in [-0.4, -0.2) is 48.2 Å². The first-order chi connectivity index (χ1) is 10.0. The molecule has 0 radical (unpaired) electrons. The minimum Gasteiger partial charge on any atom is -0.493 e. The van der Waals surface area contributed by atoms with Gasteiger partial charge in [-0.1, -0.05) is 12.1 Å². The second kappa shape index (κ2) is 9.12. The van der Waals surface area contributed by atoms with Gasteiger partial charge in [-0.15, -0.1) is 0 Å². The summed E-state index contributed by atoms with van der Waals surface area (Å²) >= 11 is 1.40. The van der Waals surface area contributed by atoms with Gasteiger partial charge in [0.25, 0.3) is 0 Å². The molecule has 0 bridgehead atoms. The zero-order valence-electron chi connectivity index (χ0n) is 12.0. The third kappa shape index (κ3) is 6.40. The minimum absolute atomic E-state index is 0.296. The Bertz CT molecular complexity index is 480. The first-order valence-electron chi connectivity index (χ1n) is 6.38. The van der Waals surface area contributed by atoms with Crippen molar-refractivity contribution in [3.8, 4) is 11.5 Å². The van der Waals surface area contributed by atoms with Crippen LogP contribution in [0.5, 0.6) is 11.5 Å². The Morgan fingerprint density at radius 1 is 1.33 bits per heavy atom. The molecular formula is C14H19NO5S. The molecule has 7 heteroatoms. The number of carbonyl (C=O) groups excluding carboxylic acids is 1. The summed E-state index contributed by atoms with van der Waals surface area (Å²) in [6, 6.07) is 6.44. The molecule has 0 aliphatic carbocycles. The van der Waals surface area contributed by atoms with E-state index in [4.69, 9.17) is 14.6 Å². The first kappa shape index (κ1) is 17.2. The lowest BCUT2D eigenvalue weighted by Crippen LogP contribution is -2.41. The second-order valence-electron chi connectivity index (χ2n) is 4.17. The van der Waals surface area contributed by atoms with E-state index in [0.29, 0.717) is 29.6 Å². The van der Waals surface area contributed by atoms with Crippen LogP contribution in [0.15, 0.2) is 24.3 Å². The Hall–Kier alpha value is -1.89. The molecule has 1 unspecified atom stereocenters. The maximum Gasteiger partial charge on any atom is 0.327 e. The number of para-hydroxylation sites is 2. The normalized spacial score (nSPS) is 11.5. The van der Waals surface area contributed by atoms with Crippen molar-refractivity contribution in [2.45, 2.75) is 13.0 Å². The maximum atomic E-state index is 10.9. The zero-order chi connectivity index (χ0) is 15.7. The predicted octanol–water partition coefficient (Wildman–Crippen LogP) is 1.40. The van der Waals surface area contributed by atoms with E-state index in [9.17, 15) is 9.59 Å². The van der Waals surface area contributed by atoms with Crippen molar-refractivity contribution in [1.29, 1.82) is 0 Å². The van der Waals surface area contributed by atoms with E-state index in [2.05, 4.69) is 5.32 Å². The summed E-state index contributed by atoms with van der Waals surface area (Å²) < 4.78 is 10.7. The lowest BCUT2D eigenvalue weighted by molar-refractivity contribution is -0.140. The standard InChI is InChI=1S/C14H19NO5S/c1-10(16)15-11(14(17)18)9-21-8-7-20-13-6-4-3-5-12(13)19-2/h3-6,11H,7-9H2,1-2H3,(H,15,16)(H,17,18). The summed E-state index contributed by atoms with van der Waals surface area (Å²) in [7, 11) is 1.57. The van der Waals surface area contributed by atoms with Crippen LogP contribution in [0.25, 0.3) is 0 Å². The summed E-state index contributed by atoms with van der Waals surface area (Å²) in [5.41, 5.74) is 0. The number of hydrogen-bond acceptors (Lipinski definition) is 5. The van der Waals surface area contributed by atoms with E-state index in [0.717, 1.165) is 0 Å². The minimum atomic E-state index is -1.04. The fourth-order valence-corrected chi connectivity index (χ4v) is 2.40. The highest BCUT2D eigenvalue weighted by Gasteiger charge is 2.17. The van der Waals surface area contributed by atoms with Gasteiger partial charge in [-0.3, -0.25) is 4.79 Å². The molecule has 1 aromatic rings. The monoisotopic (exact) mass is 313 g/mol. The number of methoxy groups -OCH3 is 1. The van der Waals surface area contributed by atoms with Crippen LogP contribution in [0.2, 0.25) is 0 Å². The van der Waals surface area contributed by atoms with Gasteiger partial charge in [0.15, 0.2) is 11.5 Å². The summed E-state index contributed by atoms with van der Waals surface area (Å²) in [5, 5.41) is 11.3. The van der Waals surface area contributed by atoms with Gasteiger partial charge in [-0.25, -0.2) is 4.79 Å².